The lowest BCUT2D eigenvalue weighted by atomic mass is 9.98. The van der Waals surface area contributed by atoms with E-state index in [1.54, 1.807) is 0 Å². The van der Waals surface area contributed by atoms with E-state index in [0.717, 1.165) is 30.5 Å². The summed E-state index contributed by atoms with van der Waals surface area (Å²) in [6.45, 7) is 5.05. The molecule has 0 aromatic heterocycles. The maximum atomic E-state index is 6.20. The van der Waals surface area contributed by atoms with Gasteiger partial charge in [-0.1, -0.05) is 66.3 Å². The smallest absolute Gasteiger partial charge is 0.0589 e. The van der Waals surface area contributed by atoms with E-state index in [0.29, 0.717) is 0 Å². The lowest BCUT2D eigenvalue weighted by Gasteiger charge is -2.22. The van der Waals surface area contributed by atoms with Crippen LogP contribution in [0.4, 0.5) is 0 Å². The van der Waals surface area contributed by atoms with E-state index in [-0.39, 0.29) is 6.04 Å². The van der Waals surface area contributed by atoms with Crippen LogP contribution in [0.25, 0.3) is 0 Å². The molecule has 21 heavy (non-hydrogen) atoms. The molecule has 112 valence electrons. The highest BCUT2D eigenvalue weighted by atomic mass is 79.9. The van der Waals surface area contributed by atoms with Crippen LogP contribution in [0.15, 0.2) is 43.7 Å². The quantitative estimate of drug-likeness (QED) is 0.501. The van der Waals surface area contributed by atoms with Crippen LogP contribution >= 0.6 is 59.4 Å². The number of rotatable bonds is 4. The maximum absolute atomic E-state index is 6.20. The maximum Gasteiger partial charge on any atom is 0.0589 e. The Balaban J connectivity index is 2.55. The number of aryl methyl sites for hydroxylation is 1. The number of hydrogen-bond acceptors (Lipinski definition) is 1. The van der Waals surface area contributed by atoms with Crippen LogP contribution < -0.4 is 5.32 Å². The van der Waals surface area contributed by atoms with Gasteiger partial charge >= 0.3 is 0 Å². The van der Waals surface area contributed by atoms with E-state index in [1.807, 2.05) is 12.1 Å². The fourth-order valence-corrected chi connectivity index (χ4v) is 4.17. The van der Waals surface area contributed by atoms with E-state index in [9.17, 15) is 0 Å². The van der Waals surface area contributed by atoms with Crippen molar-refractivity contribution in [3.8, 4) is 0 Å². The molecule has 0 spiro atoms. The third-order valence-corrected chi connectivity index (χ3v) is 5.43. The fraction of sp³-hybridized carbons (Fsp3) is 0.250. The summed E-state index contributed by atoms with van der Waals surface area (Å²) in [6, 6.07) is 10.4. The normalized spacial score (nSPS) is 12.5. The molecule has 0 bridgehead atoms. The molecular weight excluding hydrogens is 481 g/mol. The summed E-state index contributed by atoms with van der Waals surface area (Å²) in [5.41, 5.74) is 3.52. The number of benzene rings is 2. The predicted octanol–water partition coefficient (Wildman–Crippen LogP) is 6.63. The van der Waals surface area contributed by atoms with Gasteiger partial charge in [0.25, 0.3) is 0 Å². The SMILES string of the molecule is CCNC(c1cc(Cl)cc(Br)c1)c1cc(Br)c(C)cc1Br. The van der Waals surface area contributed by atoms with Crippen molar-refractivity contribution in [3.63, 3.8) is 0 Å². The van der Waals surface area contributed by atoms with Crippen molar-refractivity contribution in [2.45, 2.75) is 19.9 Å². The average molecular weight is 496 g/mol. The molecule has 2 aromatic rings. The Hall–Kier alpha value is 0.130. The van der Waals surface area contributed by atoms with E-state index in [4.69, 9.17) is 11.6 Å². The molecule has 0 heterocycles. The van der Waals surface area contributed by atoms with Crippen LogP contribution in [0, 0.1) is 6.92 Å². The van der Waals surface area contributed by atoms with Gasteiger partial charge in [0, 0.05) is 18.4 Å². The summed E-state index contributed by atoms with van der Waals surface area (Å²) in [7, 11) is 0. The molecule has 1 unspecified atom stereocenters. The highest BCUT2D eigenvalue weighted by Gasteiger charge is 2.18. The Kier molecular flexibility index (Phi) is 6.33. The van der Waals surface area contributed by atoms with Gasteiger partial charge in [-0.2, -0.15) is 0 Å². The van der Waals surface area contributed by atoms with Crippen LogP contribution in [0.3, 0.4) is 0 Å². The Morgan fingerprint density at radius 1 is 1.05 bits per heavy atom. The van der Waals surface area contributed by atoms with Crippen molar-refractivity contribution in [2.75, 3.05) is 6.54 Å². The molecule has 0 aliphatic carbocycles. The number of hydrogen-bond donors (Lipinski definition) is 1. The molecule has 1 nitrogen and oxygen atoms in total. The van der Waals surface area contributed by atoms with Crippen molar-refractivity contribution >= 4 is 59.4 Å². The average Bonchev–Trinajstić information content (AvgIpc) is 2.39. The van der Waals surface area contributed by atoms with E-state index in [1.165, 1.54) is 11.1 Å². The van der Waals surface area contributed by atoms with Crippen molar-refractivity contribution < 1.29 is 0 Å². The largest absolute Gasteiger partial charge is 0.306 e. The third kappa shape index (κ3) is 4.32. The molecule has 1 atom stereocenters. The molecule has 1 N–H and O–H groups in total. The van der Waals surface area contributed by atoms with Gasteiger partial charge in [0.05, 0.1) is 6.04 Å². The van der Waals surface area contributed by atoms with Crippen LogP contribution in [0.2, 0.25) is 5.02 Å². The van der Waals surface area contributed by atoms with E-state index in [2.05, 4.69) is 85.2 Å². The molecule has 0 amide bonds. The van der Waals surface area contributed by atoms with Gasteiger partial charge in [-0.3, -0.25) is 0 Å². The first kappa shape index (κ1) is 17.5. The van der Waals surface area contributed by atoms with Gasteiger partial charge in [0.15, 0.2) is 0 Å². The lowest BCUT2D eigenvalue weighted by Crippen LogP contribution is -2.22. The number of halogens is 4. The third-order valence-electron chi connectivity index (χ3n) is 3.22. The van der Waals surface area contributed by atoms with Crippen molar-refractivity contribution in [1.29, 1.82) is 0 Å². The summed E-state index contributed by atoms with van der Waals surface area (Å²) in [5.74, 6) is 0. The minimum Gasteiger partial charge on any atom is -0.306 e. The zero-order valence-electron chi connectivity index (χ0n) is 11.7. The van der Waals surface area contributed by atoms with Crippen LogP contribution in [0.5, 0.6) is 0 Å². The van der Waals surface area contributed by atoms with Crippen LogP contribution in [-0.2, 0) is 0 Å². The zero-order chi connectivity index (χ0) is 15.6. The molecule has 2 rings (SSSR count). The summed E-state index contributed by atoms with van der Waals surface area (Å²) in [4.78, 5) is 0. The molecule has 0 aliphatic rings. The number of nitrogens with one attached hydrogen (secondary N) is 1. The monoisotopic (exact) mass is 493 g/mol. The van der Waals surface area contributed by atoms with Crippen LogP contribution in [-0.4, -0.2) is 6.54 Å². The van der Waals surface area contributed by atoms with Crippen molar-refractivity contribution in [3.05, 3.63) is 65.5 Å². The second-order valence-electron chi connectivity index (χ2n) is 4.82. The molecule has 0 saturated heterocycles. The summed E-state index contributed by atoms with van der Waals surface area (Å²) >= 11 is 17.0. The standard InChI is InChI=1S/C16H15Br3ClN/c1-3-21-16(10-5-11(17)7-12(20)6-10)13-8-14(18)9(2)4-15(13)19/h4-8,16,21H,3H2,1-2H3. The molecule has 5 heteroatoms. The summed E-state index contributed by atoms with van der Waals surface area (Å²) in [5, 5.41) is 4.25. The van der Waals surface area contributed by atoms with Gasteiger partial charge in [-0.05, 0) is 60.5 Å². The molecule has 0 saturated carbocycles. The summed E-state index contributed by atoms with van der Waals surface area (Å²) in [6.07, 6.45) is 0. The van der Waals surface area contributed by atoms with Gasteiger partial charge < -0.3 is 5.32 Å². The molecule has 0 aliphatic heterocycles. The lowest BCUT2D eigenvalue weighted by molar-refractivity contribution is 0.628. The minimum absolute atomic E-state index is 0.0799. The van der Waals surface area contributed by atoms with Crippen molar-refractivity contribution in [2.24, 2.45) is 0 Å². The first-order valence-electron chi connectivity index (χ1n) is 6.57. The first-order chi connectivity index (χ1) is 9.92. The highest BCUT2D eigenvalue weighted by molar-refractivity contribution is 9.11. The highest BCUT2D eigenvalue weighted by Crippen LogP contribution is 2.34. The fourth-order valence-electron chi connectivity index (χ4n) is 2.24. The van der Waals surface area contributed by atoms with Gasteiger partial charge in [0.1, 0.15) is 0 Å². The molecular formula is C16H15Br3ClN. The summed E-state index contributed by atoms with van der Waals surface area (Å²) < 4.78 is 3.17. The Labute approximate surface area is 155 Å². The van der Waals surface area contributed by atoms with E-state index >= 15 is 0 Å². The Morgan fingerprint density at radius 3 is 2.38 bits per heavy atom. The molecule has 0 radical (unpaired) electrons. The Bertz CT molecular complexity index is 638. The van der Waals surface area contributed by atoms with Gasteiger partial charge in [-0.25, -0.2) is 0 Å². The first-order valence-corrected chi connectivity index (χ1v) is 9.33. The van der Waals surface area contributed by atoms with Gasteiger partial charge in [0.2, 0.25) is 0 Å². The van der Waals surface area contributed by atoms with E-state index < -0.39 is 0 Å². The second kappa shape index (κ2) is 7.60. The van der Waals surface area contributed by atoms with Gasteiger partial charge in [-0.15, -0.1) is 0 Å². The molecule has 0 fully saturated rings. The molecule has 2 aromatic carbocycles. The second-order valence-corrected chi connectivity index (χ2v) is 7.88. The predicted molar refractivity (Wildman–Crippen MR) is 101 cm³/mol. The Morgan fingerprint density at radius 2 is 1.76 bits per heavy atom. The topological polar surface area (TPSA) is 12.0 Å². The van der Waals surface area contributed by atoms with Crippen molar-refractivity contribution in [1.82, 2.24) is 5.32 Å². The van der Waals surface area contributed by atoms with Crippen LogP contribution in [0.1, 0.15) is 29.7 Å². The zero-order valence-corrected chi connectivity index (χ0v) is 17.2. The minimum atomic E-state index is 0.0799.